The molecular formula is C15H29BN2O2. The largest absolute Gasteiger partial charge is 0.387 e. The van der Waals surface area contributed by atoms with Gasteiger partial charge in [-0.3, -0.25) is 4.68 Å². The number of hydrogen-bond donors (Lipinski definition) is 2. The molecule has 1 aromatic heterocycles. The summed E-state index contributed by atoms with van der Waals surface area (Å²) in [6, 6.07) is 0.405. The maximum atomic E-state index is 9.10. The number of nitrogens with zero attached hydrogens (tertiary/aromatic N) is 2. The van der Waals surface area contributed by atoms with Crippen molar-refractivity contribution in [2.75, 3.05) is 0 Å². The molecule has 1 heterocycles. The Kier molecular flexibility index (Phi) is 9.53. The van der Waals surface area contributed by atoms with Gasteiger partial charge in [-0.2, -0.15) is 5.10 Å². The molecule has 2 radical (unpaired) electrons. The summed E-state index contributed by atoms with van der Waals surface area (Å²) in [4.78, 5) is 0. The van der Waals surface area contributed by atoms with Gasteiger partial charge in [-0.25, -0.2) is 0 Å². The Hall–Kier alpha value is -1.07. The van der Waals surface area contributed by atoms with Crippen LogP contribution in [-0.2, 0) is 0 Å². The quantitative estimate of drug-likeness (QED) is 0.643. The van der Waals surface area contributed by atoms with Crippen LogP contribution >= 0.6 is 0 Å². The monoisotopic (exact) mass is 280 g/mol. The van der Waals surface area contributed by atoms with Crippen molar-refractivity contribution >= 4 is 13.3 Å². The molecule has 1 aromatic rings. The average molecular weight is 280 g/mol. The second kappa shape index (κ2) is 8.98. The lowest BCUT2D eigenvalue weighted by Gasteiger charge is -2.31. The van der Waals surface area contributed by atoms with Crippen molar-refractivity contribution in [3.8, 4) is 0 Å². The summed E-state index contributed by atoms with van der Waals surface area (Å²) in [5.74, 6) is 0. The van der Waals surface area contributed by atoms with Crippen LogP contribution < -0.4 is 5.46 Å². The van der Waals surface area contributed by atoms with E-state index in [1.807, 2.05) is 17.8 Å². The number of aliphatic hydroxyl groups is 2. The first-order valence-corrected chi connectivity index (χ1v) is 6.68. The van der Waals surface area contributed by atoms with Crippen molar-refractivity contribution < 1.29 is 10.2 Å². The fourth-order valence-corrected chi connectivity index (χ4v) is 0.635. The predicted octanol–water partition coefficient (Wildman–Crippen LogP) is 1.98. The highest BCUT2D eigenvalue weighted by atomic mass is 16.3. The fraction of sp³-hybridized carbons (Fsp3) is 0.667. The van der Waals surface area contributed by atoms with Crippen molar-refractivity contribution in [3.63, 3.8) is 0 Å². The number of rotatable bonds is 2. The molecule has 20 heavy (non-hydrogen) atoms. The summed E-state index contributed by atoms with van der Waals surface area (Å²) in [6.45, 7) is 15.7. The number of allylic oxidation sites excluding steroid dienone is 1. The van der Waals surface area contributed by atoms with Crippen LogP contribution in [0.3, 0.4) is 0 Å². The third-order valence-corrected chi connectivity index (χ3v) is 2.65. The number of hydrogen-bond acceptors (Lipinski definition) is 3. The summed E-state index contributed by atoms with van der Waals surface area (Å²) >= 11 is 0. The molecule has 2 N–H and O–H groups in total. The van der Waals surface area contributed by atoms with Crippen LogP contribution in [0.15, 0.2) is 25.0 Å². The predicted molar refractivity (Wildman–Crippen MR) is 86.5 cm³/mol. The van der Waals surface area contributed by atoms with Crippen LogP contribution in [-0.4, -0.2) is 39.0 Å². The SMILES string of the molecule is C=CC.CC(C)(O)C(C)(C)O.[B]c1cnn(C(C)C)c1. The van der Waals surface area contributed by atoms with Gasteiger partial charge in [0, 0.05) is 18.4 Å². The Morgan fingerprint density at radius 2 is 1.60 bits per heavy atom. The van der Waals surface area contributed by atoms with Crippen molar-refractivity contribution in [2.24, 2.45) is 0 Å². The lowest BCUT2D eigenvalue weighted by Crippen LogP contribution is -2.44. The van der Waals surface area contributed by atoms with Crippen molar-refractivity contribution in [2.45, 2.75) is 65.7 Å². The van der Waals surface area contributed by atoms with E-state index < -0.39 is 11.2 Å². The molecule has 0 aliphatic carbocycles. The van der Waals surface area contributed by atoms with E-state index in [2.05, 4.69) is 25.5 Å². The molecular weight excluding hydrogens is 251 g/mol. The molecule has 0 saturated heterocycles. The number of aromatic nitrogens is 2. The van der Waals surface area contributed by atoms with Gasteiger partial charge in [0.2, 0.25) is 0 Å². The average Bonchev–Trinajstić information content (AvgIpc) is 2.64. The van der Waals surface area contributed by atoms with Crippen molar-refractivity contribution in [3.05, 3.63) is 25.0 Å². The third-order valence-electron chi connectivity index (χ3n) is 2.65. The molecule has 0 aliphatic rings. The normalized spacial score (nSPS) is 11.1. The van der Waals surface area contributed by atoms with Crippen LogP contribution in [0.1, 0.15) is 54.5 Å². The zero-order valence-electron chi connectivity index (χ0n) is 13.9. The van der Waals surface area contributed by atoms with Crippen LogP contribution in [0.25, 0.3) is 0 Å². The van der Waals surface area contributed by atoms with Gasteiger partial charge in [-0.05, 0) is 48.5 Å². The summed E-state index contributed by atoms with van der Waals surface area (Å²) in [6.07, 6.45) is 5.23. The first kappa shape index (κ1) is 21.2. The zero-order chi connectivity index (χ0) is 16.6. The summed E-state index contributed by atoms with van der Waals surface area (Å²) in [7, 11) is 5.43. The molecule has 1 rings (SSSR count). The van der Waals surface area contributed by atoms with E-state index in [-0.39, 0.29) is 0 Å². The van der Waals surface area contributed by atoms with E-state index in [0.717, 1.165) is 5.46 Å². The molecule has 4 nitrogen and oxygen atoms in total. The van der Waals surface area contributed by atoms with E-state index in [1.165, 1.54) is 0 Å². The lowest BCUT2D eigenvalue weighted by atomic mass is 9.90. The highest BCUT2D eigenvalue weighted by Gasteiger charge is 2.31. The molecule has 0 aliphatic heterocycles. The molecule has 5 heteroatoms. The van der Waals surface area contributed by atoms with Crippen molar-refractivity contribution in [1.29, 1.82) is 0 Å². The van der Waals surface area contributed by atoms with Gasteiger partial charge in [0.1, 0.15) is 7.85 Å². The first-order valence-electron chi connectivity index (χ1n) is 6.68. The molecule has 0 unspecified atom stereocenters. The van der Waals surface area contributed by atoms with Crippen molar-refractivity contribution in [1.82, 2.24) is 9.78 Å². The molecule has 0 bridgehead atoms. The Bertz CT molecular complexity index is 362. The van der Waals surface area contributed by atoms with Crippen LogP contribution in [0.4, 0.5) is 0 Å². The Balaban J connectivity index is 0. The minimum Gasteiger partial charge on any atom is -0.387 e. The van der Waals surface area contributed by atoms with Gasteiger partial charge in [0.15, 0.2) is 0 Å². The lowest BCUT2D eigenvalue weighted by molar-refractivity contribution is -0.107. The van der Waals surface area contributed by atoms with E-state index in [1.54, 1.807) is 40.0 Å². The van der Waals surface area contributed by atoms with E-state index in [0.29, 0.717) is 6.04 Å². The minimum absolute atomic E-state index is 0.405. The first-order chi connectivity index (χ1) is 8.86. The maximum Gasteiger partial charge on any atom is 0.118 e. The molecule has 0 saturated carbocycles. The molecule has 0 spiro atoms. The van der Waals surface area contributed by atoms with Gasteiger partial charge in [0.05, 0.1) is 11.2 Å². The van der Waals surface area contributed by atoms with E-state index in [4.69, 9.17) is 18.1 Å². The summed E-state index contributed by atoms with van der Waals surface area (Å²) in [5.41, 5.74) is -1.29. The minimum atomic E-state index is -1.01. The molecule has 0 fully saturated rings. The van der Waals surface area contributed by atoms with Gasteiger partial charge in [0.25, 0.3) is 0 Å². The van der Waals surface area contributed by atoms with Crippen LogP contribution in [0.2, 0.25) is 0 Å². The van der Waals surface area contributed by atoms with Gasteiger partial charge >= 0.3 is 0 Å². The Morgan fingerprint density at radius 1 is 1.25 bits per heavy atom. The molecule has 114 valence electrons. The summed E-state index contributed by atoms with van der Waals surface area (Å²) < 4.78 is 1.83. The van der Waals surface area contributed by atoms with Crippen LogP contribution in [0, 0.1) is 0 Å². The zero-order valence-corrected chi connectivity index (χ0v) is 13.9. The highest BCUT2D eigenvalue weighted by molar-refractivity contribution is 6.31. The third kappa shape index (κ3) is 9.81. The Labute approximate surface area is 124 Å². The standard InChI is InChI=1S/C6H9BN2.C6H14O2.C3H6/c1-5(2)9-4-6(7)3-8-9;1-5(2,7)6(3,4)8;1-3-2/h3-5H,1-2H3;7-8H,1-4H3;3H,1H2,2H3. The van der Waals surface area contributed by atoms with Gasteiger partial charge < -0.3 is 10.2 Å². The fourth-order valence-electron chi connectivity index (χ4n) is 0.635. The second-order valence-electron chi connectivity index (χ2n) is 5.87. The van der Waals surface area contributed by atoms with Gasteiger partial charge in [-0.15, -0.1) is 6.58 Å². The Morgan fingerprint density at radius 3 is 1.70 bits per heavy atom. The van der Waals surface area contributed by atoms with Crippen LogP contribution in [0.5, 0.6) is 0 Å². The summed E-state index contributed by atoms with van der Waals surface area (Å²) in [5, 5.41) is 22.2. The second-order valence-corrected chi connectivity index (χ2v) is 5.87. The maximum absolute atomic E-state index is 9.10. The van der Waals surface area contributed by atoms with Gasteiger partial charge in [-0.1, -0.05) is 11.5 Å². The van der Waals surface area contributed by atoms with E-state index in [9.17, 15) is 0 Å². The highest BCUT2D eigenvalue weighted by Crippen LogP contribution is 2.19. The molecule has 0 atom stereocenters. The van der Waals surface area contributed by atoms with E-state index >= 15 is 0 Å². The molecule has 0 aromatic carbocycles. The molecule has 0 amide bonds. The smallest absolute Gasteiger partial charge is 0.118 e. The topological polar surface area (TPSA) is 58.3 Å².